The van der Waals surface area contributed by atoms with Crippen LogP contribution in [0.2, 0.25) is 0 Å². The van der Waals surface area contributed by atoms with E-state index in [-0.39, 0.29) is 11.5 Å². The third-order valence-electron chi connectivity index (χ3n) is 3.08. The standard InChI is InChI=1S/C15H15FN2O2/c1-11-3-2-4-14(16)15(11)17-10-9-12-5-7-13(8-6-12)18(19)20/h2-8,17H,9-10H2,1H3. The average Bonchev–Trinajstić information content (AvgIpc) is 2.42. The molecule has 0 spiro atoms. The quantitative estimate of drug-likeness (QED) is 0.668. The molecule has 0 aliphatic carbocycles. The Morgan fingerprint density at radius 2 is 1.90 bits per heavy atom. The molecule has 5 heteroatoms. The molecule has 0 saturated carbocycles. The van der Waals surface area contributed by atoms with Crippen molar-refractivity contribution in [1.29, 1.82) is 0 Å². The maximum Gasteiger partial charge on any atom is 0.269 e. The van der Waals surface area contributed by atoms with Crippen molar-refractivity contribution in [3.8, 4) is 0 Å². The first-order valence-electron chi connectivity index (χ1n) is 6.30. The normalized spacial score (nSPS) is 10.3. The Morgan fingerprint density at radius 1 is 1.20 bits per heavy atom. The van der Waals surface area contributed by atoms with Gasteiger partial charge in [-0.25, -0.2) is 4.39 Å². The summed E-state index contributed by atoms with van der Waals surface area (Å²) < 4.78 is 13.6. The van der Waals surface area contributed by atoms with Crippen LogP contribution in [0.3, 0.4) is 0 Å². The fourth-order valence-electron chi connectivity index (χ4n) is 1.97. The van der Waals surface area contributed by atoms with E-state index in [9.17, 15) is 14.5 Å². The number of rotatable bonds is 5. The number of non-ortho nitro benzene ring substituents is 1. The molecule has 1 N–H and O–H groups in total. The summed E-state index contributed by atoms with van der Waals surface area (Å²) in [7, 11) is 0. The molecule has 0 bridgehead atoms. The van der Waals surface area contributed by atoms with E-state index in [4.69, 9.17) is 0 Å². The minimum absolute atomic E-state index is 0.0756. The van der Waals surface area contributed by atoms with Crippen LogP contribution < -0.4 is 5.32 Å². The Kier molecular flexibility index (Phi) is 4.30. The van der Waals surface area contributed by atoms with Crippen molar-refractivity contribution in [2.24, 2.45) is 0 Å². The first kappa shape index (κ1) is 14.0. The van der Waals surface area contributed by atoms with Crippen molar-refractivity contribution >= 4 is 11.4 Å². The van der Waals surface area contributed by atoms with Crippen molar-refractivity contribution < 1.29 is 9.31 Å². The molecular formula is C15H15FN2O2. The number of nitro groups is 1. The van der Waals surface area contributed by atoms with E-state index >= 15 is 0 Å². The largest absolute Gasteiger partial charge is 0.382 e. The number of benzene rings is 2. The second kappa shape index (κ2) is 6.14. The van der Waals surface area contributed by atoms with E-state index < -0.39 is 4.92 Å². The summed E-state index contributed by atoms with van der Waals surface area (Å²) in [6.07, 6.45) is 0.672. The summed E-state index contributed by atoms with van der Waals surface area (Å²) in [4.78, 5) is 10.1. The predicted molar refractivity (Wildman–Crippen MR) is 76.4 cm³/mol. The van der Waals surface area contributed by atoms with Gasteiger partial charge in [-0.15, -0.1) is 0 Å². The van der Waals surface area contributed by atoms with Crippen LogP contribution in [-0.4, -0.2) is 11.5 Å². The maximum absolute atomic E-state index is 13.6. The molecule has 0 aliphatic rings. The van der Waals surface area contributed by atoms with Crippen molar-refractivity contribution in [2.75, 3.05) is 11.9 Å². The van der Waals surface area contributed by atoms with Gasteiger partial charge in [-0.1, -0.05) is 24.3 Å². The van der Waals surface area contributed by atoms with E-state index in [0.29, 0.717) is 18.7 Å². The Labute approximate surface area is 116 Å². The highest BCUT2D eigenvalue weighted by Crippen LogP contribution is 2.19. The van der Waals surface area contributed by atoms with Gasteiger partial charge in [-0.05, 0) is 30.5 Å². The molecule has 20 heavy (non-hydrogen) atoms. The highest BCUT2D eigenvalue weighted by atomic mass is 19.1. The SMILES string of the molecule is Cc1cccc(F)c1NCCc1ccc([N+](=O)[O-])cc1. The van der Waals surface area contributed by atoms with Gasteiger partial charge in [0.25, 0.3) is 5.69 Å². The number of nitrogens with zero attached hydrogens (tertiary/aromatic N) is 1. The number of hydrogen-bond donors (Lipinski definition) is 1. The molecule has 2 aromatic carbocycles. The number of nitro benzene ring substituents is 1. The molecule has 4 nitrogen and oxygen atoms in total. The van der Waals surface area contributed by atoms with Gasteiger partial charge < -0.3 is 5.32 Å². The molecule has 0 aromatic heterocycles. The smallest absolute Gasteiger partial charge is 0.269 e. The molecular weight excluding hydrogens is 259 g/mol. The molecule has 0 fully saturated rings. The summed E-state index contributed by atoms with van der Waals surface area (Å²) >= 11 is 0. The summed E-state index contributed by atoms with van der Waals surface area (Å²) in [6, 6.07) is 11.3. The minimum atomic E-state index is -0.426. The van der Waals surface area contributed by atoms with Gasteiger partial charge in [-0.2, -0.15) is 0 Å². The lowest BCUT2D eigenvalue weighted by molar-refractivity contribution is -0.384. The van der Waals surface area contributed by atoms with Crippen molar-refractivity contribution in [3.63, 3.8) is 0 Å². The zero-order valence-corrected chi connectivity index (χ0v) is 11.1. The Morgan fingerprint density at radius 3 is 2.50 bits per heavy atom. The van der Waals surface area contributed by atoms with Gasteiger partial charge in [0.05, 0.1) is 10.6 Å². The third-order valence-corrected chi connectivity index (χ3v) is 3.08. The van der Waals surface area contributed by atoms with Crippen LogP contribution in [0.5, 0.6) is 0 Å². The van der Waals surface area contributed by atoms with E-state index in [1.54, 1.807) is 18.2 Å². The van der Waals surface area contributed by atoms with Gasteiger partial charge in [-0.3, -0.25) is 10.1 Å². The van der Waals surface area contributed by atoms with Gasteiger partial charge in [0.1, 0.15) is 5.82 Å². The van der Waals surface area contributed by atoms with E-state index in [0.717, 1.165) is 11.1 Å². The maximum atomic E-state index is 13.6. The monoisotopic (exact) mass is 274 g/mol. The molecule has 0 atom stereocenters. The molecule has 0 radical (unpaired) electrons. The number of nitrogens with one attached hydrogen (secondary N) is 1. The lowest BCUT2D eigenvalue weighted by atomic mass is 10.1. The van der Waals surface area contributed by atoms with Crippen LogP contribution in [0.1, 0.15) is 11.1 Å². The van der Waals surface area contributed by atoms with E-state index in [1.165, 1.54) is 18.2 Å². The average molecular weight is 274 g/mol. The van der Waals surface area contributed by atoms with E-state index in [2.05, 4.69) is 5.32 Å². The molecule has 2 rings (SSSR count). The molecule has 0 unspecified atom stereocenters. The highest BCUT2D eigenvalue weighted by Gasteiger charge is 2.06. The molecule has 0 amide bonds. The molecule has 0 aliphatic heterocycles. The molecule has 0 heterocycles. The van der Waals surface area contributed by atoms with Gasteiger partial charge >= 0.3 is 0 Å². The summed E-state index contributed by atoms with van der Waals surface area (Å²) in [5, 5.41) is 13.6. The summed E-state index contributed by atoms with van der Waals surface area (Å²) in [5.41, 5.74) is 2.41. The van der Waals surface area contributed by atoms with E-state index in [1.807, 2.05) is 13.0 Å². The highest BCUT2D eigenvalue weighted by molar-refractivity contribution is 5.51. The second-order valence-electron chi connectivity index (χ2n) is 4.53. The first-order chi connectivity index (χ1) is 9.58. The Bertz CT molecular complexity index is 592. The topological polar surface area (TPSA) is 55.2 Å². The van der Waals surface area contributed by atoms with Crippen LogP contribution in [0.15, 0.2) is 42.5 Å². The Hall–Kier alpha value is -2.43. The summed E-state index contributed by atoms with van der Waals surface area (Å²) in [6.45, 7) is 2.41. The van der Waals surface area contributed by atoms with Gasteiger partial charge in [0, 0.05) is 18.7 Å². The number of aryl methyl sites for hydroxylation is 1. The van der Waals surface area contributed by atoms with Crippen LogP contribution >= 0.6 is 0 Å². The number of halogens is 1. The van der Waals surface area contributed by atoms with Crippen LogP contribution in [0, 0.1) is 22.9 Å². The predicted octanol–water partition coefficient (Wildman–Crippen LogP) is 3.70. The lowest BCUT2D eigenvalue weighted by Gasteiger charge is -2.10. The number of hydrogen-bond acceptors (Lipinski definition) is 3. The lowest BCUT2D eigenvalue weighted by Crippen LogP contribution is -2.07. The van der Waals surface area contributed by atoms with Crippen LogP contribution in [0.4, 0.5) is 15.8 Å². The van der Waals surface area contributed by atoms with Crippen molar-refractivity contribution in [3.05, 3.63) is 69.5 Å². The minimum Gasteiger partial charge on any atom is -0.382 e. The van der Waals surface area contributed by atoms with Gasteiger partial charge in [0.2, 0.25) is 0 Å². The fraction of sp³-hybridized carbons (Fsp3) is 0.200. The summed E-state index contributed by atoms with van der Waals surface area (Å²) in [5.74, 6) is -0.270. The van der Waals surface area contributed by atoms with Crippen LogP contribution in [0.25, 0.3) is 0 Å². The number of para-hydroxylation sites is 1. The first-order valence-corrected chi connectivity index (χ1v) is 6.30. The van der Waals surface area contributed by atoms with Crippen molar-refractivity contribution in [1.82, 2.24) is 0 Å². The zero-order chi connectivity index (χ0) is 14.5. The second-order valence-corrected chi connectivity index (χ2v) is 4.53. The fourth-order valence-corrected chi connectivity index (χ4v) is 1.97. The zero-order valence-electron chi connectivity index (χ0n) is 11.1. The third kappa shape index (κ3) is 3.32. The Balaban J connectivity index is 1.94. The molecule has 2 aromatic rings. The van der Waals surface area contributed by atoms with Gasteiger partial charge in [0.15, 0.2) is 0 Å². The van der Waals surface area contributed by atoms with Crippen molar-refractivity contribution in [2.45, 2.75) is 13.3 Å². The molecule has 0 saturated heterocycles. The number of anilines is 1. The molecule has 104 valence electrons. The van der Waals surface area contributed by atoms with Crippen LogP contribution in [-0.2, 0) is 6.42 Å².